The molecule has 0 radical (unpaired) electrons. The van der Waals surface area contributed by atoms with Crippen molar-refractivity contribution in [2.75, 3.05) is 39.9 Å². The summed E-state index contributed by atoms with van der Waals surface area (Å²) in [5.41, 5.74) is 0. The van der Waals surface area contributed by atoms with Crippen LogP contribution in [0.1, 0.15) is 64.2 Å². The van der Waals surface area contributed by atoms with Crippen molar-refractivity contribution >= 4 is 5.97 Å². The van der Waals surface area contributed by atoms with Gasteiger partial charge in [-0.1, -0.05) is 0 Å². The van der Waals surface area contributed by atoms with E-state index < -0.39 is 0 Å². The molecule has 2 aliphatic carbocycles. The summed E-state index contributed by atoms with van der Waals surface area (Å²) in [6.45, 7) is 5.26. The Balaban J connectivity index is 1.07. The molecule has 2 heterocycles. The fourth-order valence-corrected chi connectivity index (χ4v) is 6.15. The summed E-state index contributed by atoms with van der Waals surface area (Å²) in [6, 6.07) is 0.617. The Morgan fingerprint density at radius 2 is 1.68 bits per heavy atom. The first kappa shape index (κ1) is 23.4. The quantitative estimate of drug-likeness (QED) is 0.433. The van der Waals surface area contributed by atoms with Crippen molar-refractivity contribution in [3.05, 3.63) is 0 Å². The number of esters is 1. The molecular formula is C24H44N4O3. The maximum Gasteiger partial charge on any atom is 0.308 e. The molecule has 0 aromatic heterocycles. The number of hydrogen-bond donors (Lipinski definition) is 4. The molecule has 2 aliphatic heterocycles. The Morgan fingerprint density at radius 3 is 2.32 bits per heavy atom. The summed E-state index contributed by atoms with van der Waals surface area (Å²) in [4.78, 5) is 11.7. The monoisotopic (exact) mass is 436 g/mol. The Labute approximate surface area is 188 Å². The molecule has 2 saturated carbocycles. The zero-order chi connectivity index (χ0) is 21.5. The van der Waals surface area contributed by atoms with Crippen LogP contribution >= 0.6 is 0 Å². The van der Waals surface area contributed by atoms with Crippen LogP contribution in [0.4, 0.5) is 0 Å². The van der Waals surface area contributed by atoms with Gasteiger partial charge in [0.1, 0.15) is 6.29 Å². The Hall–Kier alpha value is -0.730. The fraction of sp³-hybridized carbons (Fsp3) is 0.958. The highest BCUT2D eigenvalue weighted by Gasteiger charge is 2.33. The van der Waals surface area contributed by atoms with Crippen LogP contribution in [0, 0.1) is 23.7 Å². The molecule has 4 rings (SSSR count). The van der Waals surface area contributed by atoms with E-state index in [1.54, 1.807) is 0 Å². The minimum absolute atomic E-state index is 0.0176. The molecule has 0 spiro atoms. The largest absolute Gasteiger partial charge is 0.469 e. The predicted molar refractivity (Wildman–Crippen MR) is 121 cm³/mol. The van der Waals surface area contributed by atoms with Crippen LogP contribution < -0.4 is 21.3 Å². The zero-order valence-corrected chi connectivity index (χ0v) is 19.4. The molecule has 7 nitrogen and oxygen atoms in total. The molecule has 7 heteroatoms. The van der Waals surface area contributed by atoms with Gasteiger partial charge in [-0.2, -0.15) is 0 Å². The molecule has 4 aliphatic rings. The summed E-state index contributed by atoms with van der Waals surface area (Å²) in [7, 11) is 1.51. The molecule has 31 heavy (non-hydrogen) atoms. The summed E-state index contributed by atoms with van der Waals surface area (Å²) in [5.74, 6) is 2.32. The maximum absolute atomic E-state index is 11.7. The number of carbonyl (C=O) groups excluding carboxylic acids is 1. The van der Waals surface area contributed by atoms with Crippen molar-refractivity contribution in [2.45, 2.75) is 82.6 Å². The molecule has 0 amide bonds. The van der Waals surface area contributed by atoms with Crippen molar-refractivity contribution in [3.8, 4) is 0 Å². The van der Waals surface area contributed by atoms with E-state index in [2.05, 4.69) is 21.3 Å². The van der Waals surface area contributed by atoms with E-state index in [0.717, 1.165) is 70.3 Å². The van der Waals surface area contributed by atoms with Gasteiger partial charge in [-0.05, 0) is 88.5 Å². The van der Waals surface area contributed by atoms with E-state index in [1.807, 2.05) is 0 Å². The lowest BCUT2D eigenvalue weighted by atomic mass is 9.75. The molecular weight excluding hydrogens is 392 g/mol. The van der Waals surface area contributed by atoms with E-state index in [0.29, 0.717) is 18.1 Å². The van der Waals surface area contributed by atoms with E-state index in [9.17, 15) is 4.79 Å². The molecule has 4 fully saturated rings. The van der Waals surface area contributed by atoms with Gasteiger partial charge in [0.2, 0.25) is 0 Å². The van der Waals surface area contributed by atoms with Crippen LogP contribution in [0.15, 0.2) is 0 Å². The van der Waals surface area contributed by atoms with E-state index in [1.165, 1.54) is 45.6 Å². The number of methoxy groups -OCH3 is 1. The second kappa shape index (κ2) is 11.9. The number of nitrogens with one attached hydrogen (secondary N) is 4. The number of rotatable bonds is 8. The highest BCUT2D eigenvalue weighted by molar-refractivity contribution is 5.72. The van der Waals surface area contributed by atoms with E-state index in [-0.39, 0.29) is 18.2 Å². The van der Waals surface area contributed by atoms with Crippen LogP contribution in [0.5, 0.6) is 0 Å². The summed E-state index contributed by atoms with van der Waals surface area (Å²) >= 11 is 0. The van der Waals surface area contributed by atoms with Crippen LogP contribution in [-0.4, -0.2) is 64.3 Å². The van der Waals surface area contributed by atoms with Gasteiger partial charge in [-0.3, -0.25) is 20.7 Å². The standard InChI is InChI=1S/C24H44N4O3/c1-30-23(29)19-8-6-18(7-9-19)20-14-26-24(27-15-20)28-21-10-4-17(5-11-21)13-25-16-22-3-2-12-31-22/h17-22,24-28H,2-16H2,1H3. The first-order valence-corrected chi connectivity index (χ1v) is 12.8. The lowest BCUT2D eigenvalue weighted by molar-refractivity contribution is -0.147. The van der Waals surface area contributed by atoms with Crippen LogP contribution in [0.25, 0.3) is 0 Å². The third-order valence-electron chi connectivity index (χ3n) is 8.22. The normalized spacial score (nSPS) is 39.3. The van der Waals surface area contributed by atoms with Crippen LogP contribution in [-0.2, 0) is 14.3 Å². The minimum atomic E-state index is -0.0176. The predicted octanol–water partition coefficient (Wildman–Crippen LogP) is 1.98. The van der Waals surface area contributed by atoms with Gasteiger partial charge >= 0.3 is 5.97 Å². The zero-order valence-electron chi connectivity index (χ0n) is 19.4. The van der Waals surface area contributed by atoms with E-state index >= 15 is 0 Å². The molecule has 2 saturated heterocycles. The van der Waals surface area contributed by atoms with Crippen LogP contribution in [0.3, 0.4) is 0 Å². The van der Waals surface area contributed by atoms with Crippen molar-refractivity contribution in [1.82, 2.24) is 21.3 Å². The van der Waals surface area contributed by atoms with Gasteiger partial charge in [0.05, 0.1) is 19.1 Å². The van der Waals surface area contributed by atoms with Crippen molar-refractivity contribution in [2.24, 2.45) is 23.7 Å². The maximum atomic E-state index is 11.7. The lowest BCUT2D eigenvalue weighted by Crippen LogP contribution is -2.63. The number of hydrogen-bond acceptors (Lipinski definition) is 7. The topological polar surface area (TPSA) is 83.7 Å². The fourth-order valence-electron chi connectivity index (χ4n) is 6.15. The van der Waals surface area contributed by atoms with Crippen LogP contribution in [0.2, 0.25) is 0 Å². The summed E-state index contributed by atoms with van der Waals surface area (Å²) in [5, 5.41) is 14.8. The van der Waals surface area contributed by atoms with Gasteiger partial charge in [0, 0.05) is 32.3 Å². The number of ether oxygens (including phenoxy) is 2. The smallest absolute Gasteiger partial charge is 0.308 e. The molecule has 178 valence electrons. The Bertz CT molecular complexity index is 533. The van der Waals surface area contributed by atoms with Crippen molar-refractivity contribution < 1.29 is 14.3 Å². The average molecular weight is 437 g/mol. The van der Waals surface area contributed by atoms with Gasteiger partial charge in [-0.25, -0.2) is 0 Å². The highest BCUT2D eigenvalue weighted by atomic mass is 16.5. The van der Waals surface area contributed by atoms with Gasteiger partial charge in [0.15, 0.2) is 0 Å². The molecule has 4 N–H and O–H groups in total. The first-order valence-electron chi connectivity index (χ1n) is 12.8. The molecule has 1 atom stereocenters. The van der Waals surface area contributed by atoms with Crippen molar-refractivity contribution in [1.29, 1.82) is 0 Å². The third-order valence-corrected chi connectivity index (χ3v) is 8.22. The second-order valence-corrected chi connectivity index (χ2v) is 10.3. The Morgan fingerprint density at radius 1 is 0.935 bits per heavy atom. The van der Waals surface area contributed by atoms with Crippen molar-refractivity contribution in [3.63, 3.8) is 0 Å². The third kappa shape index (κ3) is 6.87. The highest BCUT2D eigenvalue weighted by Crippen LogP contribution is 2.34. The molecule has 0 aromatic carbocycles. The summed E-state index contributed by atoms with van der Waals surface area (Å²) in [6.07, 6.45) is 12.6. The van der Waals surface area contributed by atoms with Gasteiger partial charge < -0.3 is 14.8 Å². The molecule has 0 bridgehead atoms. The van der Waals surface area contributed by atoms with Gasteiger partial charge in [-0.15, -0.1) is 0 Å². The Kier molecular flexibility index (Phi) is 9.02. The van der Waals surface area contributed by atoms with Gasteiger partial charge in [0.25, 0.3) is 0 Å². The lowest BCUT2D eigenvalue weighted by Gasteiger charge is -2.40. The minimum Gasteiger partial charge on any atom is -0.469 e. The second-order valence-electron chi connectivity index (χ2n) is 10.3. The molecule has 0 aromatic rings. The SMILES string of the molecule is COC(=O)C1CCC(C2CNC(NC3CCC(CNCC4CCCO4)CC3)NC2)CC1. The first-order chi connectivity index (χ1) is 15.2. The number of carbonyl (C=O) groups is 1. The molecule has 1 unspecified atom stereocenters. The van der Waals surface area contributed by atoms with E-state index in [4.69, 9.17) is 9.47 Å². The average Bonchev–Trinajstić information content (AvgIpc) is 3.34. The summed E-state index contributed by atoms with van der Waals surface area (Å²) < 4.78 is 10.6.